The Morgan fingerprint density at radius 1 is 1.40 bits per heavy atom. The predicted octanol–water partition coefficient (Wildman–Crippen LogP) is 0.949. The van der Waals surface area contributed by atoms with E-state index in [4.69, 9.17) is 5.73 Å². The molecule has 1 aromatic carbocycles. The van der Waals surface area contributed by atoms with Crippen molar-refractivity contribution in [3.05, 3.63) is 29.8 Å². The number of aryl methyl sites for hydroxylation is 1. The van der Waals surface area contributed by atoms with Crippen LogP contribution >= 0.6 is 0 Å². The normalized spacial score (nSPS) is 11.3. The van der Waals surface area contributed by atoms with Gasteiger partial charge in [0.1, 0.15) is 0 Å². The average Bonchev–Trinajstić information content (AvgIpc) is 2.12. The van der Waals surface area contributed by atoms with Crippen LogP contribution in [0, 0.1) is 0 Å². The summed E-state index contributed by atoms with van der Waals surface area (Å²) in [6.45, 7) is 0.643. The second kappa shape index (κ2) is 5.14. The Morgan fingerprint density at radius 2 is 2.13 bits per heavy atom. The Bertz CT molecular complexity index is 415. The lowest BCUT2D eigenvalue weighted by Gasteiger charge is -2.06. The van der Waals surface area contributed by atoms with Crippen molar-refractivity contribution in [2.45, 2.75) is 12.8 Å². The number of nitrogens with two attached hydrogens (primary N) is 1. The molecule has 0 saturated carbocycles. The number of rotatable bonds is 5. The Balaban J connectivity index is 2.74. The van der Waals surface area contributed by atoms with Crippen LogP contribution in [-0.4, -0.2) is 21.2 Å². The molecule has 3 N–H and O–H groups in total. The van der Waals surface area contributed by atoms with Crippen LogP contribution < -0.4 is 10.5 Å². The molecule has 0 saturated heterocycles. The highest BCUT2D eigenvalue weighted by Crippen LogP contribution is 2.12. The van der Waals surface area contributed by atoms with Crippen molar-refractivity contribution in [2.75, 3.05) is 17.5 Å². The predicted molar refractivity (Wildman–Crippen MR) is 62.3 cm³/mol. The highest BCUT2D eigenvalue weighted by atomic mass is 32.2. The minimum atomic E-state index is -3.19. The molecule has 0 heterocycles. The van der Waals surface area contributed by atoms with Crippen LogP contribution in [0.2, 0.25) is 0 Å². The molecule has 84 valence electrons. The van der Waals surface area contributed by atoms with Gasteiger partial charge in [-0.2, -0.15) is 0 Å². The van der Waals surface area contributed by atoms with Crippen molar-refractivity contribution >= 4 is 15.7 Å². The first-order chi connectivity index (χ1) is 7.01. The fraction of sp³-hybridized carbons (Fsp3) is 0.400. The van der Waals surface area contributed by atoms with E-state index in [2.05, 4.69) is 4.72 Å². The average molecular weight is 228 g/mol. The lowest BCUT2D eigenvalue weighted by Crippen LogP contribution is -2.09. The van der Waals surface area contributed by atoms with Crippen LogP contribution in [0.15, 0.2) is 24.3 Å². The smallest absolute Gasteiger partial charge is 0.229 e. The molecule has 0 unspecified atom stereocenters. The highest BCUT2D eigenvalue weighted by Gasteiger charge is 2.01. The Kier molecular flexibility index (Phi) is 4.11. The second-order valence-corrected chi connectivity index (χ2v) is 5.22. The Labute approximate surface area is 90.5 Å². The van der Waals surface area contributed by atoms with Crippen molar-refractivity contribution in [3.63, 3.8) is 0 Å². The van der Waals surface area contributed by atoms with Gasteiger partial charge in [-0.1, -0.05) is 12.1 Å². The van der Waals surface area contributed by atoms with Crippen LogP contribution in [0.25, 0.3) is 0 Å². The molecule has 1 rings (SSSR count). The fourth-order valence-corrected chi connectivity index (χ4v) is 1.87. The van der Waals surface area contributed by atoms with Gasteiger partial charge in [0, 0.05) is 5.69 Å². The number of anilines is 1. The van der Waals surface area contributed by atoms with Gasteiger partial charge >= 0.3 is 0 Å². The molecule has 0 radical (unpaired) electrons. The third-order valence-electron chi connectivity index (χ3n) is 1.90. The van der Waals surface area contributed by atoms with E-state index in [0.29, 0.717) is 12.2 Å². The lowest BCUT2D eigenvalue weighted by molar-refractivity contribution is 0.607. The molecule has 0 bridgehead atoms. The maximum atomic E-state index is 11.0. The third kappa shape index (κ3) is 4.80. The highest BCUT2D eigenvalue weighted by molar-refractivity contribution is 7.92. The summed E-state index contributed by atoms with van der Waals surface area (Å²) in [5, 5.41) is 0. The summed E-state index contributed by atoms with van der Waals surface area (Å²) in [5.41, 5.74) is 7.10. The number of sulfonamides is 1. The molecule has 0 aliphatic heterocycles. The van der Waals surface area contributed by atoms with Crippen molar-refractivity contribution < 1.29 is 8.42 Å². The quantitative estimate of drug-likeness (QED) is 0.788. The van der Waals surface area contributed by atoms with Crippen molar-refractivity contribution in [1.82, 2.24) is 0 Å². The summed E-state index contributed by atoms with van der Waals surface area (Å²) < 4.78 is 24.4. The van der Waals surface area contributed by atoms with Gasteiger partial charge in [-0.25, -0.2) is 8.42 Å². The lowest BCUT2D eigenvalue weighted by atomic mass is 10.1. The van der Waals surface area contributed by atoms with E-state index in [9.17, 15) is 8.42 Å². The summed E-state index contributed by atoms with van der Waals surface area (Å²) in [6.07, 6.45) is 2.91. The molecule has 0 aromatic heterocycles. The van der Waals surface area contributed by atoms with Crippen molar-refractivity contribution in [1.29, 1.82) is 0 Å². The van der Waals surface area contributed by atoms with Gasteiger partial charge in [0.05, 0.1) is 6.26 Å². The first-order valence-corrected chi connectivity index (χ1v) is 6.67. The van der Waals surface area contributed by atoms with Gasteiger partial charge in [0.2, 0.25) is 10.0 Å². The van der Waals surface area contributed by atoms with Crippen LogP contribution in [0.1, 0.15) is 12.0 Å². The summed E-state index contributed by atoms with van der Waals surface area (Å²) in [5.74, 6) is 0. The van der Waals surface area contributed by atoms with Gasteiger partial charge in [-0.3, -0.25) is 4.72 Å². The van der Waals surface area contributed by atoms with E-state index in [1.54, 1.807) is 6.07 Å². The van der Waals surface area contributed by atoms with Crippen LogP contribution in [-0.2, 0) is 16.4 Å². The maximum absolute atomic E-state index is 11.0. The summed E-state index contributed by atoms with van der Waals surface area (Å²) in [4.78, 5) is 0. The first kappa shape index (κ1) is 12.0. The number of benzene rings is 1. The maximum Gasteiger partial charge on any atom is 0.229 e. The zero-order valence-electron chi connectivity index (χ0n) is 8.73. The summed E-state index contributed by atoms with van der Waals surface area (Å²) >= 11 is 0. The number of hydrogen-bond acceptors (Lipinski definition) is 3. The minimum Gasteiger partial charge on any atom is -0.330 e. The van der Waals surface area contributed by atoms with Crippen LogP contribution in [0.4, 0.5) is 5.69 Å². The van der Waals surface area contributed by atoms with Crippen molar-refractivity contribution in [2.24, 2.45) is 5.73 Å². The topological polar surface area (TPSA) is 72.2 Å². The Hall–Kier alpha value is -1.07. The largest absolute Gasteiger partial charge is 0.330 e. The van der Waals surface area contributed by atoms with Gasteiger partial charge in [-0.15, -0.1) is 0 Å². The molecule has 0 spiro atoms. The molecule has 0 fully saturated rings. The van der Waals surface area contributed by atoms with E-state index in [0.717, 1.165) is 24.7 Å². The molecule has 5 heteroatoms. The van der Waals surface area contributed by atoms with Gasteiger partial charge in [0.15, 0.2) is 0 Å². The van der Waals surface area contributed by atoms with E-state index < -0.39 is 10.0 Å². The minimum absolute atomic E-state index is 0.604. The molecular weight excluding hydrogens is 212 g/mol. The van der Waals surface area contributed by atoms with E-state index >= 15 is 0 Å². The number of hydrogen-bond donors (Lipinski definition) is 2. The van der Waals surface area contributed by atoms with Gasteiger partial charge in [0.25, 0.3) is 0 Å². The molecule has 4 nitrogen and oxygen atoms in total. The van der Waals surface area contributed by atoms with E-state index in [1.165, 1.54) is 0 Å². The molecule has 1 aromatic rings. The van der Waals surface area contributed by atoms with Crippen LogP contribution in [0.5, 0.6) is 0 Å². The molecule has 0 aliphatic carbocycles. The molecule has 0 atom stereocenters. The second-order valence-electron chi connectivity index (χ2n) is 3.47. The molecule has 0 aliphatic rings. The molecular formula is C10H16N2O2S. The monoisotopic (exact) mass is 228 g/mol. The third-order valence-corrected chi connectivity index (χ3v) is 2.51. The summed E-state index contributed by atoms with van der Waals surface area (Å²) in [6, 6.07) is 7.35. The van der Waals surface area contributed by atoms with Crippen molar-refractivity contribution in [3.8, 4) is 0 Å². The SMILES string of the molecule is CS(=O)(=O)Nc1cccc(CCCN)c1. The van der Waals surface area contributed by atoms with Gasteiger partial charge < -0.3 is 5.73 Å². The standard InChI is InChI=1S/C10H16N2O2S/c1-15(13,14)12-10-6-2-4-9(8-10)5-3-7-11/h2,4,6,8,12H,3,5,7,11H2,1H3. The number of nitrogens with one attached hydrogen (secondary N) is 1. The zero-order chi connectivity index (χ0) is 11.3. The fourth-order valence-electron chi connectivity index (χ4n) is 1.31. The summed E-state index contributed by atoms with van der Waals surface area (Å²) in [7, 11) is -3.19. The van der Waals surface area contributed by atoms with Gasteiger partial charge in [-0.05, 0) is 37.1 Å². The van der Waals surface area contributed by atoms with Crippen LogP contribution in [0.3, 0.4) is 0 Å². The Morgan fingerprint density at radius 3 is 2.73 bits per heavy atom. The first-order valence-electron chi connectivity index (χ1n) is 4.78. The van der Waals surface area contributed by atoms with E-state index in [1.807, 2.05) is 18.2 Å². The van der Waals surface area contributed by atoms with E-state index in [-0.39, 0.29) is 0 Å². The molecule has 15 heavy (non-hydrogen) atoms. The zero-order valence-corrected chi connectivity index (χ0v) is 9.55. The molecule has 0 amide bonds.